The van der Waals surface area contributed by atoms with Crippen LogP contribution in [0.4, 0.5) is 0 Å². The summed E-state index contributed by atoms with van der Waals surface area (Å²) in [4.78, 5) is 13.4. The van der Waals surface area contributed by atoms with Crippen molar-refractivity contribution in [2.45, 2.75) is 421 Å². The Hall–Kier alpha value is -1.79. The van der Waals surface area contributed by atoms with E-state index in [1.54, 1.807) is 6.08 Å². The molecule has 2 saturated heterocycles. The summed E-state index contributed by atoms with van der Waals surface area (Å²) in [5.41, 5.74) is 0. The molecule has 2 aliphatic rings. The zero-order valence-corrected chi connectivity index (χ0v) is 57.9. The molecular weight excluding hydrogens is 1130 g/mol. The Bertz CT molecular complexity index is 1650. The summed E-state index contributed by atoms with van der Waals surface area (Å²) < 4.78 is 22.9. The maximum absolute atomic E-state index is 13.4. The van der Waals surface area contributed by atoms with Gasteiger partial charge in [0.25, 0.3) is 0 Å². The lowest BCUT2D eigenvalue weighted by atomic mass is 9.97. The smallest absolute Gasteiger partial charge is 0.220 e. The van der Waals surface area contributed by atoms with E-state index >= 15 is 0 Å². The molecule has 2 aliphatic heterocycles. The lowest BCUT2D eigenvalue weighted by Crippen LogP contribution is -2.65. The number of unbranched alkanes of at least 4 members (excludes halogenated alkanes) is 47. The maximum Gasteiger partial charge on any atom is 0.220 e. The van der Waals surface area contributed by atoms with Gasteiger partial charge in [-0.25, -0.2) is 0 Å². The number of rotatable bonds is 64. The van der Waals surface area contributed by atoms with Gasteiger partial charge in [0, 0.05) is 6.42 Å². The molecule has 0 aromatic rings. The maximum atomic E-state index is 13.4. The van der Waals surface area contributed by atoms with E-state index in [0.717, 1.165) is 44.9 Å². The third kappa shape index (κ3) is 44.0. The largest absolute Gasteiger partial charge is 0.394 e. The quantitative estimate of drug-likeness (QED) is 0.0204. The minimum Gasteiger partial charge on any atom is -0.394 e. The van der Waals surface area contributed by atoms with Crippen molar-refractivity contribution in [2.75, 3.05) is 19.8 Å². The molecule has 0 saturated carbocycles. The zero-order chi connectivity index (χ0) is 65.2. The standard InChI is InChI=1S/C76H143NO13/c1-3-5-7-9-11-13-15-17-19-21-23-25-27-29-31-33-35-37-39-41-43-45-47-49-51-53-55-57-59-65(80)64(63-87-75-73(86)71(84)74(67(62-79)89-75)90-76-72(85)70(83)69(82)66(61-78)88-76)77-68(81)60-58-56-54-52-50-48-46-44-42-40-38-36-34-32-30-28-26-24-22-20-18-16-14-12-10-8-6-4-2/h41,43,49,51,57,59,64-67,69-76,78-80,82-86H,3-40,42,44-48,50,52-56,58,60-63H2,1-2H3,(H,77,81)/b43-41+,51-49+,59-57+. The molecule has 0 aromatic heterocycles. The van der Waals surface area contributed by atoms with Crippen molar-refractivity contribution in [1.82, 2.24) is 5.32 Å². The normalized spacial score (nSPS) is 23.0. The lowest BCUT2D eigenvalue weighted by Gasteiger charge is -2.46. The summed E-state index contributed by atoms with van der Waals surface area (Å²) in [7, 11) is 0. The van der Waals surface area contributed by atoms with Gasteiger partial charge in [-0.1, -0.05) is 333 Å². The predicted molar refractivity (Wildman–Crippen MR) is 369 cm³/mol. The Morgan fingerprint density at radius 3 is 1.09 bits per heavy atom. The predicted octanol–water partition coefficient (Wildman–Crippen LogP) is 16.5. The number of amides is 1. The van der Waals surface area contributed by atoms with Crippen LogP contribution in [-0.4, -0.2) is 140 Å². The van der Waals surface area contributed by atoms with E-state index in [1.807, 2.05) is 6.08 Å². The highest BCUT2D eigenvalue weighted by Gasteiger charge is 2.51. The summed E-state index contributed by atoms with van der Waals surface area (Å²) in [6.45, 7) is 2.84. The molecule has 2 fully saturated rings. The van der Waals surface area contributed by atoms with Gasteiger partial charge in [-0.15, -0.1) is 0 Å². The molecule has 14 heteroatoms. The van der Waals surface area contributed by atoms with Gasteiger partial charge in [-0.05, 0) is 44.9 Å². The SMILES string of the molecule is CCCCCCCCCCCCCCCCCCCC/C=C/CC/C=C/CC/C=C/C(O)C(COC1OC(CO)C(OC2OC(CO)C(O)C(O)C2O)C(O)C1O)NC(=O)CCCCCCCCCCCCCCCCCCCCCCCCCCCCCC. The Balaban J connectivity index is 1.67. The van der Waals surface area contributed by atoms with E-state index in [-0.39, 0.29) is 18.9 Å². The second-order valence-electron chi connectivity index (χ2n) is 27.1. The number of allylic oxidation sites excluding steroid dienone is 5. The van der Waals surface area contributed by atoms with Crippen LogP contribution in [0.5, 0.6) is 0 Å². The summed E-state index contributed by atoms with van der Waals surface area (Å²) in [6.07, 6.45) is 62.2. The molecule has 0 bridgehead atoms. The van der Waals surface area contributed by atoms with Crippen molar-refractivity contribution in [3.63, 3.8) is 0 Å². The molecule has 14 nitrogen and oxygen atoms in total. The summed E-state index contributed by atoms with van der Waals surface area (Å²) in [5, 5.41) is 87.5. The molecule has 2 heterocycles. The molecule has 0 radical (unpaired) electrons. The van der Waals surface area contributed by atoms with Gasteiger partial charge in [0.15, 0.2) is 12.6 Å². The number of aliphatic hydroxyl groups is 8. The van der Waals surface area contributed by atoms with Crippen LogP contribution in [0.15, 0.2) is 36.5 Å². The van der Waals surface area contributed by atoms with Crippen molar-refractivity contribution < 1.29 is 64.6 Å². The third-order valence-corrected chi connectivity index (χ3v) is 18.8. The van der Waals surface area contributed by atoms with Gasteiger partial charge in [0.1, 0.15) is 48.8 Å². The van der Waals surface area contributed by atoms with E-state index in [1.165, 1.54) is 270 Å². The summed E-state index contributed by atoms with van der Waals surface area (Å²) in [6, 6.07) is -0.938. The highest BCUT2D eigenvalue weighted by molar-refractivity contribution is 5.76. The monoisotopic (exact) mass is 1280 g/mol. The topological polar surface area (TPSA) is 228 Å². The van der Waals surface area contributed by atoms with E-state index in [9.17, 15) is 45.6 Å². The number of carbonyl (C=O) groups is 1. The van der Waals surface area contributed by atoms with Gasteiger partial charge in [0.05, 0.1) is 32.0 Å². The molecule has 1 amide bonds. The number of hydrogen-bond donors (Lipinski definition) is 9. The Morgan fingerprint density at radius 1 is 0.389 bits per heavy atom. The summed E-state index contributed by atoms with van der Waals surface area (Å²) >= 11 is 0. The second-order valence-corrected chi connectivity index (χ2v) is 27.1. The Morgan fingerprint density at radius 2 is 0.711 bits per heavy atom. The van der Waals surface area contributed by atoms with Crippen molar-refractivity contribution in [3.05, 3.63) is 36.5 Å². The minimum atomic E-state index is -1.79. The lowest BCUT2D eigenvalue weighted by molar-refractivity contribution is -0.359. The van der Waals surface area contributed by atoms with Crippen LogP contribution in [-0.2, 0) is 23.7 Å². The van der Waals surface area contributed by atoms with E-state index in [2.05, 4.69) is 43.5 Å². The molecule has 2 rings (SSSR count). The van der Waals surface area contributed by atoms with Crippen LogP contribution in [0.25, 0.3) is 0 Å². The molecule has 0 aliphatic carbocycles. The molecule has 90 heavy (non-hydrogen) atoms. The highest BCUT2D eigenvalue weighted by Crippen LogP contribution is 2.30. The zero-order valence-electron chi connectivity index (χ0n) is 57.9. The van der Waals surface area contributed by atoms with Crippen LogP contribution in [0.1, 0.15) is 348 Å². The van der Waals surface area contributed by atoms with E-state index < -0.39 is 86.8 Å². The van der Waals surface area contributed by atoms with Gasteiger partial charge in [0.2, 0.25) is 5.91 Å². The molecule has 0 aromatic carbocycles. The van der Waals surface area contributed by atoms with Gasteiger partial charge in [-0.3, -0.25) is 4.79 Å². The fraction of sp³-hybridized carbons (Fsp3) is 0.908. The first-order valence-corrected chi connectivity index (χ1v) is 38.2. The molecular formula is C76H143NO13. The third-order valence-electron chi connectivity index (χ3n) is 18.8. The van der Waals surface area contributed by atoms with Gasteiger partial charge in [-0.2, -0.15) is 0 Å². The van der Waals surface area contributed by atoms with Gasteiger partial charge >= 0.3 is 0 Å². The molecule has 0 spiro atoms. The van der Waals surface area contributed by atoms with Crippen molar-refractivity contribution in [2.24, 2.45) is 0 Å². The molecule has 9 N–H and O–H groups in total. The van der Waals surface area contributed by atoms with E-state index in [4.69, 9.17) is 18.9 Å². The molecule has 12 atom stereocenters. The first kappa shape index (κ1) is 84.3. The Kier molecular flexibility index (Phi) is 57.0. The van der Waals surface area contributed by atoms with Crippen molar-refractivity contribution in [3.8, 4) is 0 Å². The molecule has 530 valence electrons. The highest BCUT2D eigenvalue weighted by atomic mass is 16.7. The van der Waals surface area contributed by atoms with Crippen molar-refractivity contribution in [1.29, 1.82) is 0 Å². The van der Waals surface area contributed by atoms with Crippen LogP contribution in [0.3, 0.4) is 0 Å². The summed E-state index contributed by atoms with van der Waals surface area (Å²) in [5.74, 6) is -0.246. The van der Waals surface area contributed by atoms with E-state index in [0.29, 0.717) is 12.8 Å². The number of aliphatic hydroxyl groups excluding tert-OH is 8. The number of ether oxygens (including phenoxy) is 4. The van der Waals surface area contributed by atoms with Crippen LogP contribution >= 0.6 is 0 Å². The van der Waals surface area contributed by atoms with Crippen molar-refractivity contribution >= 4 is 5.91 Å². The van der Waals surface area contributed by atoms with Crippen LogP contribution < -0.4 is 5.32 Å². The van der Waals surface area contributed by atoms with Gasteiger partial charge < -0.3 is 65.1 Å². The number of carbonyl (C=O) groups excluding carboxylic acids is 1. The number of nitrogens with one attached hydrogen (secondary N) is 1. The second kappa shape index (κ2) is 60.8. The first-order valence-electron chi connectivity index (χ1n) is 38.2. The van der Waals surface area contributed by atoms with Crippen LogP contribution in [0, 0.1) is 0 Å². The Labute approximate surface area is 551 Å². The van der Waals surface area contributed by atoms with Crippen LogP contribution in [0.2, 0.25) is 0 Å². The average Bonchev–Trinajstić information content (AvgIpc) is 2.49. The average molecular weight is 1280 g/mol. The molecule has 12 unspecified atom stereocenters. The fourth-order valence-electron chi connectivity index (χ4n) is 12.7. The fourth-order valence-corrected chi connectivity index (χ4v) is 12.7. The first-order chi connectivity index (χ1) is 44.1. The minimum absolute atomic E-state index is 0.246. The number of hydrogen-bond acceptors (Lipinski definition) is 13.